The molecule has 0 radical (unpaired) electrons. The van der Waals surface area contributed by atoms with Crippen LogP contribution >= 0.6 is 23.2 Å². The molecule has 9 heteroatoms. The van der Waals surface area contributed by atoms with Crippen LogP contribution in [0.25, 0.3) is 0 Å². The van der Waals surface area contributed by atoms with Crippen LogP contribution in [0, 0.1) is 0 Å². The van der Waals surface area contributed by atoms with E-state index in [0.717, 1.165) is 4.31 Å². The number of carbonyl (C=O) groups is 1. The van der Waals surface area contributed by atoms with E-state index in [-0.39, 0.29) is 27.2 Å². The standard InChI is InChI=1S/C19H16Cl2N2O4S/c20-14-9-15(21)11-16(10-14)23(28(25,26)18-6-2-1-3-7-18)13-19(24)22-12-17-5-4-8-27-17/h1-11H,12-13H2,(H,22,24). The van der Waals surface area contributed by atoms with Gasteiger partial charge in [0.2, 0.25) is 5.91 Å². The fraction of sp³-hybridized carbons (Fsp3) is 0.105. The largest absolute Gasteiger partial charge is 0.467 e. The van der Waals surface area contributed by atoms with Crippen molar-refractivity contribution in [2.75, 3.05) is 10.8 Å². The molecule has 3 rings (SSSR count). The molecule has 28 heavy (non-hydrogen) atoms. The molecule has 1 aromatic heterocycles. The first-order valence-electron chi connectivity index (χ1n) is 8.19. The Labute approximate surface area is 172 Å². The lowest BCUT2D eigenvalue weighted by Gasteiger charge is -2.24. The first-order chi connectivity index (χ1) is 13.4. The van der Waals surface area contributed by atoms with Crippen molar-refractivity contribution in [2.45, 2.75) is 11.4 Å². The third-order valence-electron chi connectivity index (χ3n) is 3.79. The van der Waals surface area contributed by atoms with Crippen LogP contribution in [-0.4, -0.2) is 20.9 Å². The molecule has 1 heterocycles. The molecule has 146 valence electrons. The highest BCUT2D eigenvalue weighted by Gasteiger charge is 2.27. The van der Waals surface area contributed by atoms with Crippen molar-refractivity contribution >= 4 is 44.8 Å². The number of halogens is 2. The van der Waals surface area contributed by atoms with Crippen LogP contribution in [0.5, 0.6) is 0 Å². The van der Waals surface area contributed by atoms with E-state index in [1.165, 1.54) is 36.6 Å². The Morgan fingerprint density at radius 2 is 1.68 bits per heavy atom. The molecule has 0 spiro atoms. The number of hydrogen-bond acceptors (Lipinski definition) is 4. The van der Waals surface area contributed by atoms with Crippen molar-refractivity contribution in [3.63, 3.8) is 0 Å². The number of carbonyl (C=O) groups excluding carboxylic acids is 1. The highest BCUT2D eigenvalue weighted by Crippen LogP contribution is 2.29. The summed E-state index contributed by atoms with van der Waals surface area (Å²) in [5.41, 5.74) is 0.189. The Balaban J connectivity index is 1.91. The van der Waals surface area contributed by atoms with E-state index in [1.54, 1.807) is 30.3 Å². The molecule has 0 saturated heterocycles. The summed E-state index contributed by atoms with van der Waals surface area (Å²) < 4.78 is 32.5. The van der Waals surface area contributed by atoms with Crippen molar-refractivity contribution in [1.82, 2.24) is 5.32 Å². The minimum absolute atomic E-state index is 0.0462. The maximum atomic E-state index is 13.2. The van der Waals surface area contributed by atoms with E-state index in [0.29, 0.717) is 5.76 Å². The summed E-state index contributed by atoms with van der Waals surface area (Å²) in [7, 11) is -4.02. The number of rotatable bonds is 7. The van der Waals surface area contributed by atoms with E-state index in [9.17, 15) is 13.2 Å². The van der Waals surface area contributed by atoms with Gasteiger partial charge < -0.3 is 9.73 Å². The lowest BCUT2D eigenvalue weighted by Crippen LogP contribution is -2.40. The van der Waals surface area contributed by atoms with Gasteiger partial charge in [-0.3, -0.25) is 9.10 Å². The van der Waals surface area contributed by atoms with E-state index in [4.69, 9.17) is 27.6 Å². The molecular weight excluding hydrogens is 423 g/mol. The molecule has 1 N–H and O–H groups in total. The molecule has 2 aromatic carbocycles. The summed E-state index contributed by atoms with van der Waals surface area (Å²) in [5, 5.41) is 3.15. The average molecular weight is 439 g/mol. The summed E-state index contributed by atoms with van der Waals surface area (Å²) in [6, 6.07) is 15.6. The van der Waals surface area contributed by atoms with Gasteiger partial charge in [0, 0.05) is 10.0 Å². The van der Waals surface area contributed by atoms with Gasteiger partial charge in [0.15, 0.2) is 0 Å². The van der Waals surface area contributed by atoms with Crippen molar-refractivity contribution < 1.29 is 17.6 Å². The van der Waals surface area contributed by atoms with Crippen LogP contribution in [0.1, 0.15) is 5.76 Å². The van der Waals surface area contributed by atoms with E-state index in [2.05, 4.69) is 5.32 Å². The van der Waals surface area contributed by atoms with Crippen LogP contribution in [0.4, 0.5) is 5.69 Å². The first kappa shape index (κ1) is 20.3. The van der Waals surface area contributed by atoms with Crippen LogP contribution in [0.2, 0.25) is 10.0 Å². The molecule has 0 bridgehead atoms. The number of amides is 1. The maximum absolute atomic E-state index is 13.2. The van der Waals surface area contributed by atoms with Gasteiger partial charge in [-0.05, 0) is 42.5 Å². The van der Waals surface area contributed by atoms with Crippen LogP contribution in [0.3, 0.4) is 0 Å². The average Bonchev–Trinajstić information content (AvgIpc) is 3.18. The van der Waals surface area contributed by atoms with Gasteiger partial charge in [-0.15, -0.1) is 0 Å². The Morgan fingerprint density at radius 1 is 1.00 bits per heavy atom. The lowest BCUT2D eigenvalue weighted by molar-refractivity contribution is -0.119. The second-order valence-corrected chi connectivity index (χ2v) is 8.54. The predicted molar refractivity (Wildman–Crippen MR) is 108 cm³/mol. The Hall–Kier alpha value is -2.48. The van der Waals surface area contributed by atoms with Gasteiger partial charge in [0.05, 0.1) is 23.4 Å². The third kappa shape index (κ3) is 4.86. The number of anilines is 1. The maximum Gasteiger partial charge on any atom is 0.264 e. The molecule has 1 amide bonds. The van der Waals surface area contributed by atoms with Crippen molar-refractivity contribution in [3.05, 3.63) is 82.7 Å². The van der Waals surface area contributed by atoms with E-state index in [1.807, 2.05) is 0 Å². The van der Waals surface area contributed by atoms with Gasteiger partial charge >= 0.3 is 0 Å². The second kappa shape index (κ2) is 8.68. The smallest absolute Gasteiger partial charge is 0.264 e. The molecule has 3 aromatic rings. The lowest BCUT2D eigenvalue weighted by atomic mass is 10.3. The van der Waals surface area contributed by atoms with Gasteiger partial charge in [0.25, 0.3) is 10.0 Å². The normalized spacial score (nSPS) is 11.2. The Kier molecular flexibility index (Phi) is 6.28. The molecule has 0 aliphatic rings. The quantitative estimate of drug-likeness (QED) is 0.601. The summed E-state index contributed by atoms with van der Waals surface area (Å²) in [4.78, 5) is 12.5. The number of nitrogens with one attached hydrogen (secondary N) is 1. The zero-order chi connectivity index (χ0) is 20.1. The molecule has 0 fully saturated rings. The number of nitrogens with zero attached hydrogens (tertiary/aromatic N) is 1. The molecule has 6 nitrogen and oxygen atoms in total. The highest BCUT2D eigenvalue weighted by atomic mass is 35.5. The summed E-state index contributed by atoms with van der Waals surface area (Å²) in [6.45, 7) is -0.310. The fourth-order valence-corrected chi connectivity index (χ4v) is 4.44. The van der Waals surface area contributed by atoms with Crippen molar-refractivity contribution in [3.8, 4) is 0 Å². The minimum atomic E-state index is -4.02. The van der Waals surface area contributed by atoms with Gasteiger partial charge in [0.1, 0.15) is 12.3 Å². The number of hydrogen-bond donors (Lipinski definition) is 1. The predicted octanol–water partition coefficient (Wildman–Crippen LogP) is 4.10. The van der Waals surface area contributed by atoms with Gasteiger partial charge in [-0.25, -0.2) is 8.42 Å². The monoisotopic (exact) mass is 438 g/mol. The number of sulfonamides is 1. The molecule has 0 unspecified atom stereocenters. The van der Waals surface area contributed by atoms with Crippen molar-refractivity contribution in [1.29, 1.82) is 0 Å². The summed E-state index contributed by atoms with van der Waals surface area (Å²) in [5.74, 6) is 0.0450. The Morgan fingerprint density at radius 3 is 2.29 bits per heavy atom. The van der Waals surface area contributed by atoms with Crippen molar-refractivity contribution in [2.24, 2.45) is 0 Å². The van der Waals surface area contributed by atoms with Crippen LogP contribution in [-0.2, 0) is 21.4 Å². The van der Waals surface area contributed by atoms with Crippen LogP contribution in [0.15, 0.2) is 76.2 Å². The summed E-state index contributed by atoms with van der Waals surface area (Å²) in [6.07, 6.45) is 1.49. The Bertz CT molecular complexity index is 1030. The highest BCUT2D eigenvalue weighted by molar-refractivity contribution is 7.92. The summed E-state index contributed by atoms with van der Waals surface area (Å²) >= 11 is 12.1. The molecule has 0 aliphatic carbocycles. The zero-order valence-corrected chi connectivity index (χ0v) is 16.8. The number of benzene rings is 2. The van der Waals surface area contributed by atoms with Gasteiger partial charge in [-0.1, -0.05) is 41.4 Å². The SMILES string of the molecule is O=C(CN(c1cc(Cl)cc(Cl)c1)S(=O)(=O)c1ccccc1)NCc1ccco1. The molecular formula is C19H16Cl2N2O4S. The van der Waals surface area contributed by atoms with E-state index >= 15 is 0 Å². The van der Waals surface area contributed by atoms with E-state index < -0.39 is 22.5 Å². The molecule has 0 aliphatic heterocycles. The third-order valence-corrected chi connectivity index (χ3v) is 6.02. The molecule has 0 saturated carbocycles. The topological polar surface area (TPSA) is 79.6 Å². The molecule has 0 atom stereocenters. The van der Waals surface area contributed by atoms with Crippen LogP contribution < -0.4 is 9.62 Å². The first-order valence-corrected chi connectivity index (χ1v) is 10.4. The zero-order valence-electron chi connectivity index (χ0n) is 14.5. The fourth-order valence-electron chi connectivity index (χ4n) is 2.50. The second-order valence-electron chi connectivity index (χ2n) is 5.81. The number of furan rings is 1. The van der Waals surface area contributed by atoms with Gasteiger partial charge in [-0.2, -0.15) is 0 Å². The minimum Gasteiger partial charge on any atom is -0.467 e.